The third-order valence-corrected chi connectivity index (χ3v) is 6.91. The molecule has 3 N–H and O–H groups in total. The molecule has 5 rings (SSSR count). The lowest BCUT2D eigenvalue weighted by Gasteiger charge is -2.20. The number of likely N-dealkylation sites (tertiary alicyclic amines) is 1. The molecule has 1 saturated carbocycles. The van der Waals surface area contributed by atoms with Gasteiger partial charge >= 0.3 is 5.69 Å². The summed E-state index contributed by atoms with van der Waals surface area (Å²) in [6.45, 7) is 2.39. The summed E-state index contributed by atoms with van der Waals surface area (Å²) in [4.78, 5) is 31.7. The maximum atomic E-state index is 12.6. The Morgan fingerprint density at radius 1 is 1.07 bits per heavy atom. The van der Waals surface area contributed by atoms with E-state index in [-0.39, 0.29) is 11.6 Å². The zero-order valence-corrected chi connectivity index (χ0v) is 17.4. The van der Waals surface area contributed by atoms with E-state index in [4.69, 9.17) is 11.6 Å². The number of hydrogen-bond acceptors (Lipinski definition) is 3. The third kappa shape index (κ3) is 4.02. The number of anilines is 1. The lowest BCUT2D eigenvalue weighted by atomic mass is 9.87. The average Bonchev–Trinajstić information content (AvgIpc) is 3.37. The van der Waals surface area contributed by atoms with Crippen molar-refractivity contribution in [3.63, 3.8) is 0 Å². The Morgan fingerprint density at radius 3 is 2.70 bits per heavy atom. The summed E-state index contributed by atoms with van der Waals surface area (Å²) in [6.07, 6.45) is 3.61. The van der Waals surface area contributed by atoms with Gasteiger partial charge in [-0.1, -0.05) is 23.7 Å². The number of aromatic nitrogens is 2. The van der Waals surface area contributed by atoms with Crippen molar-refractivity contribution in [2.24, 2.45) is 17.8 Å². The van der Waals surface area contributed by atoms with Crippen molar-refractivity contribution in [1.82, 2.24) is 14.9 Å². The quantitative estimate of drug-likeness (QED) is 0.584. The highest BCUT2D eigenvalue weighted by molar-refractivity contribution is 6.30. The summed E-state index contributed by atoms with van der Waals surface area (Å²) in [5.41, 5.74) is 3.23. The third-order valence-electron chi connectivity index (χ3n) is 6.66. The average molecular weight is 425 g/mol. The van der Waals surface area contributed by atoms with E-state index in [0.717, 1.165) is 30.0 Å². The SMILES string of the molecule is O=C(CN1C[C@H]2CC[C@H](Cc3ccc(Cl)cc3)[C@H]2C1)Nc1ccc2[nH]c(=O)[nH]c2c1. The molecule has 3 atom stereocenters. The van der Waals surface area contributed by atoms with Crippen LogP contribution in [0.3, 0.4) is 0 Å². The molecule has 1 aliphatic heterocycles. The first-order chi connectivity index (χ1) is 14.5. The smallest absolute Gasteiger partial charge is 0.323 e. The van der Waals surface area contributed by atoms with Crippen LogP contribution in [0.5, 0.6) is 0 Å². The van der Waals surface area contributed by atoms with Crippen molar-refractivity contribution in [2.45, 2.75) is 19.3 Å². The normalized spacial score (nSPS) is 23.7. The molecule has 6 nitrogen and oxygen atoms in total. The second-order valence-corrected chi connectivity index (χ2v) is 9.11. The number of carbonyl (C=O) groups is 1. The number of rotatable bonds is 5. The summed E-state index contributed by atoms with van der Waals surface area (Å²) < 4.78 is 0. The topological polar surface area (TPSA) is 81.0 Å². The Labute approximate surface area is 179 Å². The minimum absolute atomic E-state index is 0.0125. The molecule has 2 aliphatic rings. The minimum atomic E-state index is -0.245. The number of imidazole rings is 1. The van der Waals surface area contributed by atoms with Gasteiger partial charge in [-0.25, -0.2) is 4.79 Å². The van der Waals surface area contributed by atoms with Crippen molar-refractivity contribution in [3.8, 4) is 0 Å². The monoisotopic (exact) mass is 424 g/mol. The van der Waals surface area contributed by atoms with Crippen LogP contribution in [-0.4, -0.2) is 40.4 Å². The molecule has 1 aromatic heterocycles. The Kier molecular flexibility index (Phi) is 5.13. The maximum absolute atomic E-state index is 12.6. The van der Waals surface area contributed by atoms with E-state index in [1.807, 2.05) is 18.2 Å². The predicted octanol–water partition coefficient (Wildman–Crippen LogP) is 3.65. The van der Waals surface area contributed by atoms with Gasteiger partial charge in [0.25, 0.3) is 0 Å². The van der Waals surface area contributed by atoms with Crippen LogP contribution in [0, 0.1) is 17.8 Å². The van der Waals surface area contributed by atoms with Crippen LogP contribution in [0.4, 0.5) is 5.69 Å². The number of halogens is 1. The van der Waals surface area contributed by atoms with Crippen LogP contribution in [0.1, 0.15) is 18.4 Å². The Hall–Kier alpha value is -2.57. The second-order valence-electron chi connectivity index (χ2n) is 8.67. The van der Waals surface area contributed by atoms with Gasteiger partial charge in [0.2, 0.25) is 5.91 Å². The predicted molar refractivity (Wildman–Crippen MR) is 119 cm³/mol. The maximum Gasteiger partial charge on any atom is 0.323 e. The first-order valence-electron chi connectivity index (χ1n) is 10.5. The highest BCUT2D eigenvalue weighted by Gasteiger charge is 2.42. The lowest BCUT2D eigenvalue weighted by molar-refractivity contribution is -0.117. The number of nitrogens with one attached hydrogen (secondary N) is 3. The fraction of sp³-hybridized carbons (Fsp3) is 0.391. The fourth-order valence-corrected chi connectivity index (χ4v) is 5.42. The molecular formula is C23H25ClN4O2. The van der Waals surface area contributed by atoms with Crippen molar-refractivity contribution in [2.75, 3.05) is 25.0 Å². The number of fused-ring (bicyclic) bond motifs is 2. The van der Waals surface area contributed by atoms with E-state index >= 15 is 0 Å². The zero-order valence-electron chi connectivity index (χ0n) is 16.7. The van der Waals surface area contributed by atoms with Gasteiger partial charge in [-0.15, -0.1) is 0 Å². The van der Waals surface area contributed by atoms with Crippen LogP contribution in [0.15, 0.2) is 47.3 Å². The molecule has 30 heavy (non-hydrogen) atoms. The molecule has 1 amide bonds. The standard InChI is InChI=1S/C23H25ClN4O2/c24-17-5-1-14(2-6-17)9-15-3-4-16-11-28(12-19(15)16)13-22(29)25-18-7-8-20-21(10-18)27-23(30)26-20/h1-2,5-8,10,15-16,19H,3-4,9,11-13H2,(H,25,29)(H2,26,27,30)/t15-,16-,19-/m1/s1. The number of benzene rings is 2. The van der Waals surface area contributed by atoms with E-state index in [2.05, 4.69) is 32.3 Å². The van der Waals surface area contributed by atoms with Crippen LogP contribution in [-0.2, 0) is 11.2 Å². The van der Waals surface area contributed by atoms with Gasteiger partial charge in [0.15, 0.2) is 0 Å². The van der Waals surface area contributed by atoms with E-state index in [0.29, 0.717) is 35.5 Å². The summed E-state index contributed by atoms with van der Waals surface area (Å²) >= 11 is 6.01. The van der Waals surface area contributed by atoms with Gasteiger partial charge in [0.05, 0.1) is 17.6 Å². The molecular weight excluding hydrogens is 400 g/mol. The van der Waals surface area contributed by atoms with E-state index < -0.39 is 0 Å². The van der Waals surface area contributed by atoms with Crippen molar-refractivity contribution < 1.29 is 4.79 Å². The van der Waals surface area contributed by atoms with Crippen molar-refractivity contribution in [3.05, 3.63) is 63.5 Å². The van der Waals surface area contributed by atoms with Gasteiger partial charge < -0.3 is 15.3 Å². The summed E-state index contributed by atoms with van der Waals surface area (Å²) in [5.74, 6) is 2.02. The van der Waals surface area contributed by atoms with Gasteiger partial charge in [-0.2, -0.15) is 0 Å². The summed E-state index contributed by atoms with van der Waals surface area (Å²) in [7, 11) is 0. The van der Waals surface area contributed by atoms with Gasteiger partial charge in [0, 0.05) is 23.8 Å². The van der Waals surface area contributed by atoms with Gasteiger partial charge in [-0.3, -0.25) is 9.69 Å². The van der Waals surface area contributed by atoms with Crippen LogP contribution >= 0.6 is 11.6 Å². The molecule has 156 valence electrons. The number of H-pyrrole nitrogens is 2. The van der Waals surface area contributed by atoms with E-state index in [1.54, 1.807) is 12.1 Å². The number of amides is 1. The Morgan fingerprint density at radius 2 is 1.87 bits per heavy atom. The summed E-state index contributed by atoms with van der Waals surface area (Å²) in [5, 5.41) is 3.74. The molecule has 1 saturated heterocycles. The zero-order chi connectivity index (χ0) is 20.7. The number of aromatic amines is 2. The first kappa shape index (κ1) is 19.4. The van der Waals surface area contributed by atoms with Crippen molar-refractivity contribution in [1.29, 1.82) is 0 Å². The molecule has 0 spiro atoms. The highest BCUT2D eigenvalue weighted by Crippen LogP contribution is 2.43. The number of nitrogens with zero attached hydrogens (tertiary/aromatic N) is 1. The molecule has 2 aromatic carbocycles. The van der Waals surface area contributed by atoms with Crippen LogP contribution in [0.25, 0.3) is 11.0 Å². The lowest BCUT2D eigenvalue weighted by Crippen LogP contribution is -2.32. The molecule has 0 radical (unpaired) electrons. The molecule has 3 aromatic rings. The van der Waals surface area contributed by atoms with Crippen molar-refractivity contribution >= 4 is 34.2 Å². The highest BCUT2D eigenvalue weighted by atomic mass is 35.5. The molecule has 1 aliphatic carbocycles. The largest absolute Gasteiger partial charge is 0.325 e. The molecule has 2 heterocycles. The number of hydrogen-bond donors (Lipinski definition) is 3. The molecule has 0 bridgehead atoms. The minimum Gasteiger partial charge on any atom is -0.325 e. The van der Waals surface area contributed by atoms with E-state index in [9.17, 15) is 9.59 Å². The van der Waals surface area contributed by atoms with Crippen LogP contribution in [0.2, 0.25) is 5.02 Å². The molecule has 2 fully saturated rings. The Bertz CT molecular complexity index is 1120. The van der Waals surface area contributed by atoms with E-state index in [1.165, 1.54) is 18.4 Å². The second kappa shape index (κ2) is 7.93. The first-order valence-corrected chi connectivity index (χ1v) is 10.9. The molecule has 7 heteroatoms. The fourth-order valence-electron chi connectivity index (χ4n) is 5.29. The number of carbonyl (C=O) groups excluding carboxylic acids is 1. The summed E-state index contributed by atoms with van der Waals surface area (Å²) in [6, 6.07) is 13.6. The van der Waals surface area contributed by atoms with Gasteiger partial charge in [0.1, 0.15) is 0 Å². The van der Waals surface area contributed by atoms with Crippen LogP contribution < -0.4 is 11.0 Å². The molecule has 0 unspecified atom stereocenters. The van der Waals surface area contributed by atoms with Gasteiger partial charge in [-0.05, 0) is 72.9 Å². The Balaban J connectivity index is 1.17.